The number of hydrogen-bond donors (Lipinski definition) is 0. The van der Waals surface area contributed by atoms with Gasteiger partial charge < -0.3 is 0 Å². The van der Waals surface area contributed by atoms with Gasteiger partial charge in [0.15, 0.2) is 0 Å². The van der Waals surface area contributed by atoms with Crippen LogP contribution < -0.4 is 0 Å². The van der Waals surface area contributed by atoms with Crippen molar-refractivity contribution in [1.29, 1.82) is 0 Å². The molecule has 0 spiro atoms. The molecule has 1 aliphatic rings. The molecule has 0 saturated carbocycles. The Bertz CT molecular complexity index is 404. The second-order valence-corrected chi connectivity index (χ2v) is 5.70. The summed E-state index contributed by atoms with van der Waals surface area (Å²) in [5, 5.41) is 0. The van der Waals surface area contributed by atoms with Gasteiger partial charge >= 0.3 is 0 Å². The molecule has 0 aliphatic heterocycles. The molecule has 0 fully saturated rings. The summed E-state index contributed by atoms with van der Waals surface area (Å²) in [6, 6.07) is 0. The number of halogens is 3. The van der Waals surface area contributed by atoms with Gasteiger partial charge in [0, 0.05) is 5.92 Å². The third-order valence-corrected chi connectivity index (χ3v) is 4.62. The monoisotopic (exact) mass is 394 g/mol. The van der Waals surface area contributed by atoms with E-state index in [0.717, 1.165) is 25.9 Å². The lowest BCUT2D eigenvalue weighted by atomic mass is 9.93. The van der Waals surface area contributed by atoms with E-state index in [2.05, 4.69) is 69.9 Å². The van der Waals surface area contributed by atoms with Crippen molar-refractivity contribution in [2.45, 2.75) is 25.2 Å². The number of allylic oxidation sites excluding steroid dienone is 2. The minimum Gasteiger partial charge on any atom is -0.240 e. The van der Waals surface area contributed by atoms with Crippen LogP contribution in [0.5, 0.6) is 0 Å². The molecule has 0 saturated heterocycles. The maximum absolute atomic E-state index is 4.51. The molecule has 1 atom stereocenters. The number of aromatic nitrogens is 2. The van der Waals surface area contributed by atoms with Crippen LogP contribution in [0.1, 0.15) is 30.9 Å². The van der Waals surface area contributed by atoms with Crippen molar-refractivity contribution in [3.05, 3.63) is 31.7 Å². The van der Waals surface area contributed by atoms with Crippen molar-refractivity contribution >= 4 is 47.8 Å². The lowest BCUT2D eigenvalue weighted by Gasteiger charge is -2.17. The maximum atomic E-state index is 4.51. The minimum absolute atomic E-state index is 0.394. The molecule has 1 aromatic heterocycles. The largest absolute Gasteiger partial charge is 0.240 e. The van der Waals surface area contributed by atoms with Crippen LogP contribution in [0.15, 0.2) is 26.0 Å². The summed E-state index contributed by atoms with van der Waals surface area (Å²) >= 11 is 10.2. The summed E-state index contributed by atoms with van der Waals surface area (Å²) in [5.41, 5.74) is 1.01. The van der Waals surface area contributed by atoms with Crippen molar-refractivity contribution in [3.63, 3.8) is 0 Å². The normalized spacial score (nSPS) is 20.6. The van der Waals surface area contributed by atoms with Gasteiger partial charge in [-0.15, -0.1) is 0 Å². The van der Waals surface area contributed by atoms with Crippen LogP contribution in [0.25, 0.3) is 0 Å². The molecular formula is C10H9Br3N2. The Morgan fingerprint density at radius 2 is 1.80 bits per heavy atom. The van der Waals surface area contributed by atoms with Gasteiger partial charge in [-0.2, -0.15) is 0 Å². The average molecular weight is 397 g/mol. The number of hydrogen-bond acceptors (Lipinski definition) is 2. The van der Waals surface area contributed by atoms with E-state index in [1.54, 1.807) is 0 Å². The van der Waals surface area contributed by atoms with Crippen LogP contribution >= 0.6 is 47.8 Å². The van der Waals surface area contributed by atoms with E-state index >= 15 is 0 Å². The van der Waals surface area contributed by atoms with Gasteiger partial charge in [-0.1, -0.05) is 12.2 Å². The zero-order valence-electron chi connectivity index (χ0n) is 7.88. The molecule has 2 rings (SSSR count). The van der Waals surface area contributed by atoms with E-state index < -0.39 is 0 Å². The van der Waals surface area contributed by atoms with Gasteiger partial charge in [0.1, 0.15) is 13.8 Å². The maximum Gasteiger partial charge on any atom is 0.140 e. The van der Waals surface area contributed by atoms with Gasteiger partial charge in [-0.3, -0.25) is 0 Å². The van der Waals surface area contributed by atoms with Crippen molar-refractivity contribution < 1.29 is 0 Å². The Kier molecular flexibility index (Phi) is 3.96. The van der Waals surface area contributed by atoms with Gasteiger partial charge in [0.25, 0.3) is 0 Å². The molecule has 1 aliphatic carbocycles. The fourth-order valence-electron chi connectivity index (χ4n) is 1.66. The Balaban J connectivity index is 2.38. The van der Waals surface area contributed by atoms with Crippen LogP contribution in [-0.4, -0.2) is 9.97 Å². The number of nitrogens with zero attached hydrogens (tertiary/aromatic N) is 2. The third kappa shape index (κ3) is 2.68. The Morgan fingerprint density at radius 1 is 1.07 bits per heavy atom. The van der Waals surface area contributed by atoms with E-state index in [1.165, 1.54) is 12.8 Å². The molecule has 0 aromatic carbocycles. The first-order valence-electron chi connectivity index (χ1n) is 4.73. The summed E-state index contributed by atoms with van der Waals surface area (Å²) in [4.78, 5) is 8.84. The molecule has 15 heavy (non-hydrogen) atoms. The molecule has 0 unspecified atom stereocenters. The van der Waals surface area contributed by atoms with E-state index in [0.29, 0.717) is 5.92 Å². The highest BCUT2D eigenvalue weighted by molar-refractivity contribution is 9.13. The van der Waals surface area contributed by atoms with E-state index in [9.17, 15) is 0 Å². The van der Waals surface area contributed by atoms with Crippen molar-refractivity contribution in [2.24, 2.45) is 0 Å². The summed E-state index contributed by atoms with van der Waals surface area (Å²) < 4.78 is 2.33. The fraction of sp³-hybridized carbons (Fsp3) is 0.400. The lowest BCUT2D eigenvalue weighted by molar-refractivity contribution is 0.633. The minimum atomic E-state index is 0.394. The predicted molar refractivity (Wildman–Crippen MR) is 70.9 cm³/mol. The first kappa shape index (κ1) is 11.7. The summed E-state index contributed by atoms with van der Waals surface area (Å²) in [6.45, 7) is 0. The number of rotatable bonds is 1. The van der Waals surface area contributed by atoms with Gasteiger partial charge in [-0.25, -0.2) is 9.97 Å². The molecule has 0 radical (unpaired) electrons. The molecule has 1 heterocycles. The van der Waals surface area contributed by atoms with Crippen molar-refractivity contribution in [3.8, 4) is 0 Å². The van der Waals surface area contributed by atoms with Gasteiger partial charge in [0.2, 0.25) is 0 Å². The third-order valence-electron chi connectivity index (χ3n) is 2.40. The van der Waals surface area contributed by atoms with Crippen LogP contribution in [0, 0.1) is 0 Å². The SMILES string of the molecule is Brc1nc(Br)c([C@H]2C=CCCC2)nc1Br. The van der Waals surface area contributed by atoms with Crippen LogP contribution in [0.4, 0.5) is 0 Å². The summed E-state index contributed by atoms with van der Waals surface area (Å²) in [5.74, 6) is 0.394. The first-order valence-corrected chi connectivity index (χ1v) is 7.11. The van der Waals surface area contributed by atoms with E-state index in [1.807, 2.05) is 0 Å². The molecular weight excluding hydrogens is 388 g/mol. The second-order valence-electron chi connectivity index (χ2n) is 3.45. The van der Waals surface area contributed by atoms with Crippen molar-refractivity contribution in [1.82, 2.24) is 9.97 Å². The first-order chi connectivity index (χ1) is 7.18. The van der Waals surface area contributed by atoms with Gasteiger partial charge in [0.05, 0.1) is 5.69 Å². The highest BCUT2D eigenvalue weighted by Crippen LogP contribution is 2.33. The molecule has 2 nitrogen and oxygen atoms in total. The van der Waals surface area contributed by atoms with Gasteiger partial charge in [-0.05, 0) is 67.1 Å². The molecule has 1 aromatic rings. The fourth-order valence-corrected chi connectivity index (χ4v) is 3.01. The second kappa shape index (κ2) is 5.06. The van der Waals surface area contributed by atoms with Crippen molar-refractivity contribution in [2.75, 3.05) is 0 Å². The molecule has 5 heteroatoms. The molecule has 0 bridgehead atoms. The topological polar surface area (TPSA) is 25.8 Å². The zero-order chi connectivity index (χ0) is 10.8. The predicted octanol–water partition coefficient (Wildman–Crippen LogP) is 4.59. The average Bonchev–Trinajstić information content (AvgIpc) is 2.25. The Hall–Kier alpha value is 0.260. The summed E-state index contributed by atoms with van der Waals surface area (Å²) in [7, 11) is 0. The standard InChI is InChI=1S/C10H9Br3N2/c11-8-7(6-4-2-1-3-5-6)14-9(12)10(13)15-8/h2,4,6H,1,3,5H2/t6-/m0/s1. The Labute approximate surface area is 114 Å². The highest BCUT2D eigenvalue weighted by Gasteiger charge is 2.18. The van der Waals surface area contributed by atoms with Crippen LogP contribution in [-0.2, 0) is 0 Å². The van der Waals surface area contributed by atoms with Crippen LogP contribution in [0.3, 0.4) is 0 Å². The Morgan fingerprint density at radius 3 is 2.47 bits per heavy atom. The lowest BCUT2D eigenvalue weighted by Crippen LogP contribution is -2.05. The smallest absolute Gasteiger partial charge is 0.140 e. The molecule has 0 N–H and O–H groups in total. The molecule has 80 valence electrons. The highest BCUT2D eigenvalue weighted by atomic mass is 79.9. The van der Waals surface area contributed by atoms with Crippen LogP contribution in [0.2, 0.25) is 0 Å². The summed E-state index contributed by atoms with van der Waals surface area (Å²) in [6.07, 6.45) is 8.00. The molecule has 0 amide bonds. The van der Waals surface area contributed by atoms with E-state index in [4.69, 9.17) is 0 Å². The zero-order valence-corrected chi connectivity index (χ0v) is 12.6. The quantitative estimate of drug-likeness (QED) is 0.649. The van der Waals surface area contributed by atoms with E-state index in [-0.39, 0.29) is 0 Å².